The van der Waals surface area contributed by atoms with E-state index in [9.17, 15) is 9.59 Å². The standard InChI is InChI=1S/2C9H10O4.C8H16O2/c2*1-12-7-4-3-6(9(10)11)5-8(7)13-2;9-5-7-1-2-8(6-10)4-3-7/h2*3-5H,1-2H3,(H,10,11);7-10H,1-6H2. The first-order valence-electron chi connectivity index (χ1n) is 11.4. The number of rotatable bonds is 8. The summed E-state index contributed by atoms with van der Waals surface area (Å²) in [6.45, 7) is 0.663. The third kappa shape index (κ3) is 9.63. The molecular formula is C26H36O10. The SMILES string of the molecule is COc1ccc(C(=O)O)cc1OC.COc1ccc(C(=O)O)cc1OC.OCC1CCC(CO)CC1. The van der Waals surface area contributed by atoms with Crippen LogP contribution < -0.4 is 18.9 Å². The Kier molecular flexibility index (Phi) is 13.8. The number of aromatic carboxylic acids is 2. The van der Waals surface area contributed by atoms with E-state index in [2.05, 4.69) is 0 Å². The lowest BCUT2D eigenvalue weighted by Crippen LogP contribution is -2.19. The van der Waals surface area contributed by atoms with Crippen LogP contribution in [0.5, 0.6) is 23.0 Å². The average Bonchev–Trinajstić information content (AvgIpc) is 2.92. The van der Waals surface area contributed by atoms with Gasteiger partial charge in [-0.2, -0.15) is 0 Å². The van der Waals surface area contributed by atoms with Gasteiger partial charge in [0.05, 0.1) is 39.6 Å². The number of benzene rings is 2. The molecule has 36 heavy (non-hydrogen) atoms. The van der Waals surface area contributed by atoms with Gasteiger partial charge in [-0.05, 0) is 73.9 Å². The molecule has 0 spiro atoms. The third-order valence-electron chi connectivity index (χ3n) is 5.74. The minimum atomic E-state index is -0.985. The molecule has 4 N–H and O–H groups in total. The zero-order valence-electron chi connectivity index (χ0n) is 21.1. The number of carboxylic acid groups (broad SMARTS) is 2. The van der Waals surface area contributed by atoms with Crippen molar-refractivity contribution in [2.45, 2.75) is 25.7 Å². The normalized spacial score (nSPS) is 16.3. The van der Waals surface area contributed by atoms with Crippen molar-refractivity contribution in [3.63, 3.8) is 0 Å². The maximum absolute atomic E-state index is 10.6. The summed E-state index contributed by atoms with van der Waals surface area (Å²) in [5, 5.41) is 34.9. The molecule has 0 bridgehead atoms. The number of hydrogen-bond acceptors (Lipinski definition) is 8. The average molecular weight is 509 g/mol. The molecular weight excluding hydrogens is 472 g/mol. The van der Waals surface area contributed by atoms with E-state index in [0.717, 1.165) is 25.7 Å². The van der Waals surface area contributed by atoms with E-state index in [-0.39, 0.29) is 11.1 Å². The van der Waals surface area contributed by atoms with Gasteiger partial charge < -0.3 is 39.4 Å². The van der Waals surface area contributed by atoms with E-state index >= 15 is 0 Å². The van der Waals surface area contributed by atoms with Gasteiger partial charge >= 0.3 is 11.9 Å². The molecule has 0 unspecified atom stereocenters. The van der Waals surface area contributed by atoms with Gasteiger partial charge in [0.2, 0.25) is 0 Å². The van der Waals surface area contributed by atoms with Crippen LogP contribution in [0.15, 0.2) is 36.4 Å². The molecule has 3 rings (SSSR count). The molecule has 0 amide bonds. The Morgan fingerprint density at radius 3 is 1.17 bits per heavy atom. The highest BCUT2D eigenvalue weighted by atomic mass is 16.5. The van der Waals surface area contributed by atoms with Gasteiger partial charge in [-0.1, -0.05) is 0 Å². The first-order valence-corrected chi connectivity index (χ1v) is 11.4. The summed E-state index contributed by atoms with van der Waals surface area (Å²) >= 11 is 0. The number of hydrogen-bond donors (Lipinski definition) is 4. The summed E-state index contributed by atoms with van der Waals surface area (Å²) in [6.07, 6.45) is 4.40. The summed E-state index contributed by atoms with van der Waals surface area (Å²) in [5.74, 6) is 0.942. The number of aliphatic hydroxyl groups is 2. The fraction of sp³-hybridized carbons (Fsp3) is 0.462. The van der Waals surface area contributed by atoms with Gasteiger partial charge in [0.1, 0.15) is 0 Å². The van der Waals surface area contributed by atoms with Crippen LogP contribution in [0.3, 0.4) is 0 Å². The number of ether oxygens (including phenoxy) is 4. The van der Waals surface area contributed by atoms with E-state index in [4.69, 9.17) is 39.4 Å². The van der Waals surface area contributed by atoms with Crippen LogP contribution in [0.25, 0.3) is 0 Å². The second-order valence-corrected chi connectivity index (χ2v) is 8.00. The monoisotopic (exact) mass is 508 g/mol. The zero-order valence-corrected chi connectivity index (χ0v) is 21.1. The molecule has 0 heterocycles. The molecule has 1 saturated carbocycles. The van der Waals surface area contributed by atoms with E-state index in [0.29, 0.717) is 48.0 Å². The zero-order chi connectivity index (χ0) is 27.1. The van der Waals surface area contributed by atoms with E-state index in [1.54, 1.807) is 12.1 Å². The van der Waals surface area contributed by atoms with E-state index in [1.165, 1.54) is 52.7 Å². The molecule has 200 valence electrons. The van der Waals surface area contributed by atoms with Gasteiger partial charge in [-0.15, -0.1) is 0 Å². The van der Waals surface area contributed by atoms with Crippen molar-refractivity contribution >= 4 is 11.9 Å². The van der Waals surface area contributed by atoms with E-state index < -0.39 is 11.9 Å². The van der Waals surface area contributed by atoms with Crippen LogP contribution in [0.2, 0.25) is 0 Å². The molecule has 10 heteroatoms. The van der Waals surface area contributed by atoms with Crippen molar-refractivity contribution < 1.29 is 49.0 Å². The Morgan fingerprint density at radius 1 is 0.639 bits per heavy atom. The van der Waals surface area contributed by atoms with Crippen LogP contribution in [0.4, 0.5) is 0 Å². The number of carboxylic acids is 2. The maximum Gasteiger partial charge on any atom is 0.335 e. The highest BCUT2D eigenvalue weighted by Gasteiger charge is 2.19. The summed E-state index contributed by atoms with van der Waals surface area (Å²) in [7, 11) is 5.92. The molecule has 0 radical (unpaired) electrons. The quantitative estimate of drug-likeness (QED) is 0.416. The summed E-state index contributed by atoms with van der Waals surface area (Å²) < 4.78 is 19.8. The van der Waals surface area contributed by atoms with Gasteiger partial charge in [0.15, 0.2) is 23.0 Å². The molecule has 0 saturated heterocycles. The number of aliphatic hydroxyl groups excluding tert-OH is 2. The fourth-order valence-corrected chi connectivity index (χ4v) is 3.54. The largest absolute Gasteiger partial charge is 0.493 e. The smallest absolute Gasteiger partial charge is 0.335 e. The maximum atomic E-state index is 10.6. The van der Waals surface area contributed by atoms with Crippen molar-refractivity contribution in [1.29, 1.82) is 0 Å². The first-order chi connectivity index (χ1) is 17.2. The van der Waals surface area contributed by atoms with Crippen molar-refractivity contribution in [2.75, 3.05) is 41.7 Å². The second-order valence-electron chi connectivity index (χ2n) is 8.00. The molecule has 10 nitrogen and oxygen atoms in total. The molecule has 1 aliphatic rings. The predicted molar refractivity (Wildman–Crippen MR) is 133 cm³/mol. The first kappa shape index (κ1) is 30.5. The minimum absolute atomic E-state index is 0.178. The van der Waals surface area contributed by atoms with Crippen molar-refractivity contribution in [3.8, 4) is 23.0 Å². The topological polar surface area (TPSA) is 152 Å². The summed E-state index contributed by atoms with van der Waals surface area (Å²) in [6, 6.07) is 8.88. The van der Waals surface area contributed by atoms with Gasteiger partial charge in [0, 0.05) is 13.2 Å². The predicted octanol–water partition coefficient (Wildman–Crippen LogP) is 3.58. The van der Waals surface area contributed by atoms with Crippen LogP contribution in [0, 0.1) is 11.8 Å². The Morgan fingerprint density at radius 2 is 0.944 bits per heavy atom. The lowest BCUT2D eigenvalue weighted by Gasteiger charge is -2.25. The Hall–Kier alpha value is -3.50. The highest BCUT2D eigenvalue weighted by Crippen LogP contribution is 2.29. The van der Waals surface area contributed by atoms with Gasteiger partial charge in [-0.3, -0.25) is 0 Å². The molecule has 2 aromatic rings. The van der Waals surface area contributed by atoms with Gasteiger partial charge in [0.25, 0.3) is 0 Å². The number of carbonyl (C=O) groups is 2. The Bertz CT molecular complexity index is 874. The van der Waals surface area contributed by atoms with Crippen molar-refractivity contribution in [1.82, 2.24) is 0 Å². The number of methoxy groups -OCH3 is 4. The van der Waals surface area contributed by atoms with Crippen LogP contribution in [-0.2, 0) is 0 Å². The van der Waals surface area contributed by atoms with Crippen LogP contribution in [-0.4, -0.2) is 74.0 Å². The second kappa shape index (κ2) is 16.2. The molecule has 2 aromatic carbocycles. The van der Waals surface area contributed by atoms with Crippen molar-refractivity contribution in [3.05, 3.63) is 47.5 Å². The van der Waals surface area contributed by atoms with Gasteiger partial charge in [-0.25, -0.2) is 9.59 Å². The molecule has 1 aliphatic carbocycles. The van der Waals surface area contributed by atoms with Crippen LogP contribution >= 0.6 is 0 Å². The molecule has 0 aromatic heterocycles. The van der Waals surface area contributed by atoms with Crippen LogP contribution in [0.1, 0.15) is 46.4 Å². The minimum Gasteiger partial charge on any atom is -0.493 e. The summed E-state index contributed by atoms with van der Waals surface area (Å²) in [4.78, 5) is 21.1. The summed E-state index contributed by atoms with van der Waals surface area (Å²) in [5.41, 5.74) is 0.357. The molecule has 0 atom stereocenters. The van der Waals surface area contributed by atoms with Crippen molar-refractivity contribution in [2.24, 2.45) is 11.8 Å². The highest BCUT2D eigenvalue weighted by molar-refractivity contribution is 5.89. The molecule has 1 fully saturated rings. The Balaban J connectivity index is 0.000000273. The van der Waals surface area contributed by atoms with E-state index in [1.807, 2.05) is 0 Å². The third-order valence-corrected chi connectivity index (χ3v) is 5.74. The lowest BCUT2D eigenvalue weighted by atomic mass is 9.83. The lowest BCUT2D eigenvalue weighted by molar-refractivity contribution is 0.0685. The molecule has 0 aliphatic heterocycles. The fourth-order valence-electron chi connectivity index (χ4n) is 3.54. The Labute approximate surface area is 211 Å².